The minimum Gasteiger partial charge on any atom is -0.444 e. The van der Waals surface area contributed by atoms with Gasteiger partial charge in [0, 0.05) is 25.0 Å². The lowest BCUT2D eigenvalue weighted by atomic mass is 10.1. The lowest BCUT2D eigenvalue weighted by Gasteiger charge is -2.36. The molecule has 2 heterocycles. The predicted octanol–water partition coefficient (Wildman–Crippen LogP) is 1.42. The van der Waals surface area contributed by atoms with Crippen LogP contribution in [0.5, 0.6) is 0 Å². The number of hydrogen-bond acceptors (Lipinski definition) is 6. The van der Waals surface area contributed by atoms with Gasteiger partial charge in [0.1, 0.15) is 5.60 Å². The van der Waals surface area contributed by atoms with E-state index in [9.17, 15) is 4.79 Å². The molecule has 6 nitrogen and oxygen atoms in total. The van der Waals surface area contributed by atoms with E-state index in [4.69, 9.17) is 4.74 Å². The third-order valence-corrected chi connectivity index (χ3v) is 3.11. The molecule has 0 saturated carbocycles. The van der Waals surface area contributed by atoms with Gasteiger partial charge in [-0.2, -0.15) is 0 Å². The van der Waals surface area contributed by atoms with Crippen LogP contribution >= 0.6 is 11.5 Å². The minimum atomic E-state index is -0.479. The van der Waals surface area contributed by atoms with Crippen LogP contribution in [0.15, 0.2) is 5.38 Å². The van der Waals surface area contributed by atoms with Gasteiger partial charge in [0.2, 0.25) is 0 Å². The Hall–Kier alpha value is -1.21. The summed E-state index contributed by atoms with van der Waals surface area (Å²) < 4.78 is 9.27. The Morgan fingerprint density at radius 2 is 2.39 bits per heavy atom. The number of carbonyl (C=O) groups excluding carboxylic acids is 1. The molecule has 0 spiro atoms. The van der Waals surface area contributed by atoms with Crippen molar-refractivity contribution in [2.24, 2.45) is 0 Å². The Morgan fingerprint density at radius 3 is 3.00 bits per heavy atom. The molecule has 1 saturated heterocycles. The molecule has 1 aromatic rings. The number of hydrogen-bond donors (Lipinski definition) is 1. The summed E-state index contributed by atoms with van der Waals surface area (Å²) in [4.78, 5) is 13.9. The van der Waals surface area contributed by atoms with Crippen molar-refractivity contribution in [3.05, 3.63) is 11.1 Å². The van der Waals surface area contributed by atoms with Gasteiger partial charge in [-0.05, 0) is 32.3 Å². The molecule has 0 aliphatic carbocycles. The molecule has 1 amide bonds. The molecule has 0 bridgehead atoms. The molecular formula is C11H18N4O2S. The van der Waals surface area contributed by atoms with E-state index < -0.39 is 5.60 Å². The van der Waals surface area contributed by atoms with E-state index in [0.717, 1.165) is 12.2 Å². The topological polar surface area (TPSA) is 67.3 Å². The van der Waals surface area contributed by atoms with Crippen LogP contribution in [0.25, 0.3) is 0 Å². The monoisotopic (exact) mass is 270 g/mol. The second kappa shape index (κ2) is 5.19. The summed E-state index contributed by atoms with van der Waals surface area (Å²) in [5.74, 6) is 0. The Labute approximate surface area is 110 Å². The quantitative estimate of drug-likeness (QED) is 0.836. The van der Waals surface area contributed by atoms with Crippen molar-refractivity contribution >= 4 is 17.6 Å². The molecule has 100 valence electrons. The first kappa shape index (κ1) is 13.2. The number of amides is 1. The number of piperazine rings is 1. The second-order valence-corrected chi connectivity index (χ2v) is 5.83. The van der Waals surface area contributed by atoms with Crippen LogP contribution in [-0.2, 0) is 4.74 Å². The van der Waals surface area contributed by atoms with Gasteiger partial charge in [-0.15, -0.1) is 5.10 Å². The summed E-state index contributed by atoms with van der Waals surface area (Å²) in [6.45, 7) is 7.68. The first-order valence-corrected chi connectivity index (χ1v) is 6.78. The molecule has 18 heavy (non-hydrogen) atoms. The summed E-state index contributed by atoms with van der Waals surface area (Å²) in [6.07, 6.45) is -0.290. The molecule has 0 radical (unpaired) electrons. The van der Waals surface area contributed by atoms with E-state index >= 15 is 0 Å². The summed E-state index contributed by atoms with van der Waals surface area (Å²) in [5.41, 5.74) is 0.338. The summed E-state index contributed by atoms with van der Waals surface area (Å²) in [7, 11) is 0. The van der Waals surface area contributed by atoms with Gasteiger partial charge in [-0.25, -0.2) is 4.79 Å². The molecule has 7 heteroatoms. The van der Waals surface area contributed by atoms with Gasteiger partial charge in [0.05, 0.1) is 11.7 Å². The van der Waals surface area contributed by atoms with Crippen LogP contribution in [0.3, 0.4) is 0 Å². The van der Waals surface area contributed by atoms with Crippen LogP contribution in [0.2, 0.25) is 0 Å². The number of aromatic nitrogens is 2. The maximum absolute atomic E-state index is 12.2. The van der Waals surface area contributed by atoms with E-state index in [-0.39, 0.29) is 12.1 Å². The third kappa shape index (κ3) is 3.17. The second-order valence-electron chi connectivity index (χ2n) is 5.22. The third-order valence-electron chi connectivity index (χ3n) is 2.59. The molecule has 1 aliphatic heterocycles. The molecule has 2 rings (SSSR count). The zero-order valence-corrected chi connectivity index (χ0v) is 11.7. The van der Waals surface area contributed by atoms with E-state index in [1.807, 2.05) is 26.2 Å². The van der Waals surface area contributed by atoms with Gasteiger partial charge < -0.3 is 10.1 Å². The molecular weight excluding hydrogens is 252 g/mol. The Balaban J connectivity index is 2.11. The predicted molar refractivity (Wildman–Crippen MR) is 68.5 cm³/mol. The van der Waals surface area contributed by atoms with Gasteiger partial charge in [0.25, 0.3) is 0 Å². The van der Waals surface area contributed by atoms with Crippen molar-refractivity contribution in [2.45, 2.75) is 32.4 Å². The van der Waals surface area contributed by atoms with Crippen LogP contribution < -0.4 is 5.32 Å². The van der Waals surface area contributed by atoms with E-state index in [2.05, 4.69) is 14.9 Å². The fraction of sp³-hybridized carbons (Fsp3) is 0.727. The first-order chi connectivity index (χ1) is 8.47. The standard InChI is InChI=1S/C11H18N4O2S/c1-11(2,3)17-10(16)15-5-4-12-6-9(15)8-7-18-14-13-8/h7,9,12H,4-6H2,1-3H3. The Bertz CT molecular complexity index is 402. The number of carbonyl (C=O) groups is 1. The van der Waals surface area contributed by atoms with E-state index in [1.165, 1.54) is 11.5 Å². The highest BCUT2D eigenvalue weighted by Gasteiger charge is 2.32. The maximum Gasteiger partial charge on any atom is 0.410 e. The highest BCUT2D eigenvalue weighted by Crippen LogP contribution is 2.23. The molecule has 0 aromatic carbocycles. The van der Waals surface area contributed by atoms with Gasteiger partial charge in [-0.1, -0.05) is 4.49 Å². The number of rotatable bonds is 1. The highest BCUT2D eigenvalue weighted by molar-refractivity contribution is 7.03. The average molecular weight is 270 g/mol. The Morgan fingerprint density at radius 1 is 1.61 bits per heavy atom. The Kier molecular flexibility index (Phi) is 3.82. The number of ether oxygens (including phenoxy) is 1. The summed E-state index contributed by atoms with van der Waals surface area (Å²) >= 11 is 1.29. The fourth-order valence-corrected chi connectivity index (χ4v) is 2.33. The van der Waals surface area contributed by atoms with Gasteiger partial charge >= 0.3 is 6.09 Å². The first-order valence-electron chi connectivity index (χ1n) is 5.94. The van der Waals surface area contributed by atoms with Crippen molar-refractivity contribution in [1.82, 2.24) is 19.8 Å². The molecule has 1 aliphatic rings. The average Bonchev–Trinajstić information content (AvgIpc) is 2.80. The van der Waals surface area contributed by atoms with Gasteiger partial charge in [-0.3, -0.25) is 4.90 Å². The van der Waals surface area contributed by atoms with Crippen LogP contribution in [0.4, 0.5) is 4.79 Å². The van der Waals surface area contributed by atoms with Crippen LogP contribution in [0.1, 0.15) is 32.5 Å². The lowest BCUT2D eigenvalue weighted by molar-refractivity contribution is 0.0113. The largest absolute Gasteiger partial charge is 0.444 e. The van der Waals surface area contributed by atoms with E-state index in [0.29, 0.717) is 13.1 Å². The molecule has 1 fully saturated rings. The number of nitrogens with zero attached hydrogens (tertiary/aromatic N) is 3. The zero-order valence-electron chi connectivity index (χ0n) is 10.8. The lowest BCUT2D eigenvalue weighted by Crippen LogP contribution is -2.50. The van der Waals surface area contributed by atoms with Crippen LogP contribution in [0, 0.1) is 0 Å². The maximum atomic E-state index is 12.2. The van der Waals surface area contributed by atoms with Crippen molar-refractivity contribution in [3.8, 4) is 0 Å². The molecule has 1 unspecified atom stereocenters. The normalized spacial score (nSPS) is 20.8. The minimum absolute atomic E-state index is 0.0904. The van der Waals surface area contributed by atoms with Crippen LogP contribution in [-0.4, -0.2) is 45.8 Å². The van der Waals surface area contributed by atoms with Crippen molar-refractivity contribution in [3.63, 3.8) is 0 Å². The van der Waals surface area contributed by atoms with Crippen molar-refractivity contribution in [2.75, 3.05) is 19.6 Å². The number of nitrogens with one attached hydrogen (secondary N) is 1. The highest BCUT2D eigenvalue weighted by atomic mass is 32.1. The fourth-order valence-electron chi connectivity index (χ4n) is 1.82. The zero-order chi connectivity index (χ0) is 13.2. The SMILES string of the molecule is CC(C)(C)OC(=O)N1CCNCC1c1csnn1. The summed E-state index contributed by atoms with van der Waals surface area (Å²) in [5, 5.41) is 9.18. The molecule has 1 N–H and O–H groups in total. The van der Waals surface area contributed by atoms with E-state index in [1.54, 1.807) is 4.90 Å². The smallest absolute Gasteiger partial charge is 0.410 e. The summed E-state index contributed by atoms with van der Waals surface area (Å²) in [6, 6.07) is -0.0904. The van der Waals surface area contributed by atoms with Gasteiger partial charge in [0.15, 0.2) is 0 Å². The molecule has 1 aromatic heterocycles. The molecule has 1 atom stereocenters. The van der Waals surface area contributed by atoms with Crippen molar-refractivity contribution < 1.29 is 9.53 Å². The van der Waals surface area contributed by atoms with Crippen molar-refractivity contribution in [1.29, 1.82) is 0 Å².